The Morgan fingerprint density at radius 3 is 2.41 bits per heavy atom. The number of halogens is 1. The summed E-state index contributed by atoms with van der Waals surface area (Å²) in [4.78, 5) is 42.5. The van der Waals surface area contributed by atoms with Gasteiger partial charge in [0.1, 0.15) is 30.3 Å². The second-order valence-corrected chi connectivity index (χ2v) is 11.5. The molecule has 0 unspecified atom stereocenters. The molecule has 11 heteroatoms. The van der Waals surface area contributed by atoms with Crippen molar-refractivity contribution in [1.29, 1.82) is 0 Å². The van der Waals surface area contributed by atoms with Crippen LogP contribution in [0.25, 0.3) is 11.1 Å². The van der Waals surface area contributed by atoms with Gasteiger partial charge in [-0.3, -0.25) is 14.4 Å². The SMILES string of the molecule is CNCCC[C@@H]1NC(=O)[C@@H](NC)Cc2cc(ccc2OCc2ccccc2)-c2ccc(F)c(c2)C[C@@H](C(=O)NCCN)N(C)C1=O. The fourth-order valence-electron chi connectivity index (χ4n) is 5.59. The fourth-order valence-corrected chi connectivity index (χ4v) is 5.59. The van der Waals surface area contributed by atoms with Gasteiger partial charge in [0, 0.05) is 33.0 Å². The van der Waals surface area contributed by atoms with Crippen LogP contribution in [-0.4, -0.2) is 81.5 Å². The molecule has 0 aromatic heterocycles. The summed E-state index contributed by atoms with van der Waals surface area (Å²) in [6, 6.07) is 17.6. The Morgan fingerprint density at radius 1 is 1.00 bits per heavy atom. The monoisotopic (exact) mass is 632 g/mol. The number of nitrogens with one attached hydrogen (secondary N) is 4. The van der Waals surface area contributed by atoms with Crippen molar-refractivity contribution in [2.45, 2.75) is 50.4 Å². The maximum Gasteiger partial charge on any atom is 0.245 e. The van der Waals surface area contributed by atoms with E-state index in [9.17, 15) is 14.4 Å². The minimum atomic E-state index is -1.04. The van der Waals surface area contributed by atoms with E-state index >= 15 is 4.39 Å². The highest BCUT2D eigenvalue weighted by Crippen LogP contribution is 2.30. The van der Waals surface area contributed by atoms with Gasteiger partial charge in [0.05, 0.1) is 6.04 Å². The van der Waals surface area contributed by atoms with Crippen molar-refractivity contribution >= 4 is 17.7 Å². The molecule has 4 rings (SSSR count). The third-order valence-electron chi connectivity index (χ3n) is 8.27. The molecule has 0 spiro atoms. The lowest BCUT2D eigenvalue weighted by Crippen LogP contribution is -2.57. The van der Waals surface area contributed by atoms with Crippen molar-refractivity contribution in [3.63, 3.8) is 0 Å². The molecule has 0 radical (unpaired) electrons. The molecule has 1 aliphatic rings. The molecule has 0 saturated carbocycles. The van der Waals surface area contributed by atoms with E-state index in [0.29, 0.717) is 31.7 Å². The fraction of sp³-hybridized carbons (Fsp3) is 0.400. The number of amides is 3. The highest BCUT2D eigenvalue weighted by atomic mass is 19.1. The van der Waals surface area contributed by atoms with E-state index in [0.717, 1.165) is 22.3 Å². The number of benzene rings is 3. The summed E-state index contributed by atoms with van der Waals surface area (Å²) in [5.41, 5.74) is 9.22. The van der Waals surface area contributed by atoms with Crippen molar-refractivity contribution in [1.82, 2.24) is 26.2 Å². The number of likely N-dealkylation sites (N-methyl/N-ethyl adjacent to an activating group) is 2. The molecular weight excluding hydrogens is 587 g/mol. The zero-order valence-electron chi connectivity index (χ0n) is 26.8. The highest BCUT2D eigenvalue weighted by Gasteiger charge is 2.34. The smallest absolute Gasteiger partial charge is 0.245 e. The average Bonchev–Trinajstić information content (AvgIpc) is 3.07. The molecule has 246 valence electrons. The Bertz CT molecular complexity index is 1490. The lowest BCUT2D eigenvalue weighted by molar-refractivity contribution is -0.142. The van der Waals surface area contributed by atoms with Gasteiger partial charge in [0.25, 0.3) is 0 Å². The molecule has 46 heavy (non-hydrogen) atoms. The van der Waals surface area contributed by atoms with Crippen molar-refractivity contribution in [3.05, 3.63) is 89.2 Å². The first kappa shape index (κ1) is 34.6. The van der Waals surface area contributed by atoms with Gasteiger partial charge >= 0.3 is 0 Å². The van der Waals surface area contributed by atoms with Crippen LogP contribution in [0.2, 0.25) is 0 Å². The normalized spacial score (nSPS) is 18.7. The Hall–Kier alpha value is -4.32. The molecule has 0 aliphatic carbocycles. The molecule has 1 aliphatic heterocycles. The zero-order valence-corrected chi connectivity index (χ0v) is 26.8. The molecule has 3 atom stereocenters. The predicted molar refractivity (Wildman–Crippen MR) is 177 cm³/mol. The maximum absolute atomic E-state index is 15.3. The van der Waals surface area contributed by atoms with Crippen molar-refractivity contribution in [2.75, 3.05) is 40.8 Å². The number of hydrogen-bond donors (Lipinski definition) is 5. The number of ether oxygens (including phenoxy) is 1. The lowest BCUT2D eigenvalue weighted by Gasteiger charge is -2.32. The Kier molecular flexibility index (Phi) is 12.6. The quantitative estimate of drug-likeness (QED) is 0.204. The van der Waals surface area contributed by atoms with Gasteiger partial charge in [-0.1, -0.05) is 42.5 Å². The number of fused-ring (bicyclic) bond motifs is 5. The number of nitrogens with zero attached hydrogens (tertiary/aromatic N) is 1. The van der Waals surface area contributed by atoms with Gasteiger partial charge in [-0.2, -0.15) is 0 Å². The summed E-state index contributed by atoms with van der Waals surface area (Å²) in [7, 11) is 5.02. The van der Waals surface area contributed by atoms with E-state index in [1.54, 1.807) is 19.2 Å². The largest absolute Gasteiger partial charge is 0.489 e. The number of carbonyl (C=O) groups excluding carboxylic acids is 3. The summed E-state index contributed by atoms with van der Waals surface area (Å²) in [6.07, 6.45) is 1.14. The van der Waals surface area contributed by atoms with Gasteiger partial charge in [-0.25, -0.2) is 4.39 Å². The number of nitrogens with two attached hydrogens (primary N) is 1. The van der Waals surface area contributed by atoms with Gasteiger partial charge in [0.15, 0.2) is 0 Å². The molecule has 10 nitrogen and oxygen atoms in total. The molecule has 0 fully saturated rings. The Balaban J connectivity index is 1.80. The highest BCUT2D eigenvalue weighted by molar-refractivity contribution is 5.93. The van der Waals surface area contributed by atoms with E-state index in [-0.39, 0.29) is 37.4 Å². The molecule has 6 N–H and O–H groups in total. The molecule has 3 aromatic carbocycles. The van der Waals surface area contributed by atoms with Crippen molar-refractivity contribution in [3.8, 4) is 16.9 Å². The third-order valence-corrected chi connectivity index (χ3v) is 8.27. The van der Waals surface area contributed by atoms with Gasteiger partial charge in [0.2, 0.25) is 17.7 Å². The molecule has 0 saturated heterocycles. The van der Waals surface area contributed by atoms with Crippen LogP contribution in [0.3, 0.4) is 0 Å². The van der Waals surface area contributed by atoms with Crippen LogP contribution >= 0.6 is 0 Å². The third kappa shape index (κ3) is 8.90. The van der Waals surface area contributed by atoms with E-state index in [4.69, 9.17) is 10.5 Å². The second-order valence-electron chi connectivity index (χ2n) is 11.5. The molecule has 3 aromatic rings. The lowest BCUT2D eigenvalue weighted by atomic mass is 9.95. The number of rotatable bonds is 11. The minimum Gasteiger partial charge on any atom is -0.489 e. The number of carbonyl (C=O) groups is 3. The van der Waals surface area contributed by atoms with E-state index in [2.05, 4.69) is 21.3 Å². The van der Waals surface area contributed by atoms with Crippen molar-refractivity contribution in [2.24, 2.45) is 5.73 Å². The molecule has 3 amide bonds. The summed E-state index contributed by atoms with van der Waals surface area (Å²) in [5.74, 6) is -1.12. The van der Waals surface area contributed by atoms with Crippen molar-refractivity contribution < 1.29 is 23.5 Å². The first-order chi connectivity index (χ1) is 22.2. The van der Waals surface area contributed by atoms with Crippen LogP contribution in [0.15, 0.2) is 66.7 Å². The summed E-state index contributed by atoms with van der Waals surface area (Å²) in [6.45, 7) is 1.38. The second kappa shape index (κ2) is 16.8. The van der Waals surface area contributed by atoms with Crippen LogP contribution in [-0.2, 0) is 33.8 Å². The summed E-state index contributed by atoms with van der Waals surface area (Å²) >= 11 is 0. The Labute approximate surface area is 270 Å². The van der Waals surface area contributed by atoms with E-state index in [1.165, 1.54) is 18.0 Å². The average molecular weight is 633 g/mol. The summed E-state index contributed by atoms with van der Waals surface area (Å²) in [5, 5.41) is 11.9. The van der Waals surface area contributed by atoms with Crippen LogP contribution < -0.4 is 31.7 Å². The first-order valence-corrected chi connectivity index (χ1v) is 15.7. The maximum atomic E-state index is 15.3. The van der Waals surface area contributed by atoms with Crippen LogP contribution in [0.4, 0.5) is 4.39 Å². The zero-order chi connectivity index (χ0) is 33.1. The van der Waals surface area contributed by atoms with E-state index < -0.39 is 35.8 Å². The minimum absolute atomic E-state index is 0.0697. The van der Waals surface area contributed by atoms with Crippen LogP contribution in [0.1, 0.15) is 29.5 Å². The predicted octanol–water partition coefficient (Wildman–Crippen LogP) is 2.14. The first-order valence-electron chi connectivity index (χ1n) is 15.7. The molecular formula is C35H45FN6O4. The van der Waals surface area contributed by atoms with Crippen LogP contribution in [0, 0.1) is 5.82 Å². The topological polar surface area (TPSA) is 138 Å². The molecule has 1 heterocycles. The molecule has 4 bridgehead atoms. The van der Waals surface area contributed by atoms with Gasteiger partial charge < -0.3 is 36.6 Å². The standard InChI is InChI=1S/C35H45FN6O4/c1-38-16-7-10-29-35(45)42(3)31(34(44)40-17-15-37)21-26-18-24(11-13-28(26)36)25-12-14-32(46-22-23-8-5-4-6-9-23)27(19-25)20-30(39-2)33(43)41-29/h4-6,8-9,11-14,18-19,29-31,38-39H,7,10,15-17,20-22,37H2,1-3H3,(H,40,44)(H,41,43)/t29-,30-,31-/m0/s1. The Morgan fingerprint density at radius 2 is 1.72 bits per heavy atom. The summed E-state index contributed by atoms with van der Waals surface area (Å²) < 4.78 is 21.6. The van der Waals surface area contributed by atoms with Gasteiger partial charge in [-0.05, 0) is 85.6 Å². The number of hydrogen-bond acceptors (Lipinski definition) is 7. The van der Waals surface area contributed by atoms with E-state index in [1.807, 2.05) is 55.6 Å². The van der Waals surface area contributed by atoms with Gasteiger partial charge in [-0.15, -0.1) is 0 Å². The van der Waals surface area contributed by atoms with Crippen LogP contribution in [0.5, 0.6) is 5.75 Å².